The fraction of sp³-hybridized carbons (Fsp3) is 0.353. The molecule has 132 valence electrons. The molecule has 4 aromatic rings. The zero-order chi connectivity index (χ0) is 17.5. The largest absolute Gasteiger partial charge is 0.355 e. The summed E-state index contributed by atoms with van der Waals surface area (Å²) in [5, 5.41) is 12.4. The summed E-state index contributed by atoms with van der Waals surface area (Å²) in [7, 11) is 0. The van der Waals surface area contributed by atoms with Gasteiger partial charge >= 0.3 is 5.69 Å². The van der Waals surface area contributed by atoms with Crippen molar-refractivity contribution in [1.29, 1.82) is 0 Å². The molecule has 0 amide bonds. The summed E-state index contributed by atoms with van der Waals surface area (Å²) in [5.41, 5.74) is 2.19. The second-order valence-electron chi connectivity index (χ2n) is 6.67. The van der Waals surface area contributed by atoms with Crippen molar-refractivity contribution in [3.8, 4) is 0 Å². The molecule has 1 aliphatic heterocycles. The predicted octanol–water partition coefficient (Wildman–Crippen LogP) is 1.08. The van der Waals surface area contributed by atoms with Gasteiger partial charge in [0.1, 0.15) is 12.1 Å². The number of H-pyrrole nitrogens is 1. The molecule has 0 spiro atoms. The van der Waals surface area contributed by atoms with Crippen LogP contribution in [0.5, 0.6) is 0 Å². The third kappa shape index (κ3) is 2.52. The van der Waals surface area contributed by atoms with Crippen LogP contribution in [-0.2, 0) is 6.54 Å². The Morgan fingerprint density at radius 2 is 2.08 bits per heavy atom. The fourth-order valence-corrected chi connectivity index (χ4v) is 3.65. The van der Waals surface area contributed by atoms with Gasteiger partial charge in [0.15, 0.2) is 11.3 Å². The number of hydrogen-bond acceptors (Lipinski definition) is 6. The Bertz CT molecular complexity index is 1120. The molecule has 0 atom stereocenters. The number of aromatic nitrogens is 7. The lowest BCUT2D eigenvalue weighted by molar-refractivity contribution is 0.355. The van der Waals surface area contributed by atoms with Crippen molar-refractivity contribution < 1.29 is 0 Å². The Hall–Kier alpha value is -3.23. The molecule has 0 aromatic carbocycles. The molecule has 0 saturated carbocycles. The van der Waals surface area contributed by atoms with E-state index in [1.54, 1.807) is 21.6 Å². The van der Waals surface area contributed by atoms with E-state index in [-0.39, 0.29) is 5.69 Å². The van der Waals surface area contributed by atoms with E-state index in [4.69, 9.17) is 0 Å². The first-order valence-electron chi connectivity index (χ1n) is 8.73. The van der Waals surface area contributed by atoms with Gasteiger partial charge in [0.05, 0.1) is 5.52 Å². The van der Waals surface area contributed by atoms with E-state index in [1.807, 2.05) is 24.3 Å². The average Bonchev–Trinajstić information content (AvgIpc) is 3.26. The Morgan fingerprint density at radius 3 is 2.96 bits per heavy atom. The van der Waals surface area contributed by atoms with E-state index in [0.29, 0.717) is 12.5 Å². The predicted molar refractivity (Wildman–Crippen MR) is 96.1 cm³/mol. The molecule has 1 aliphatic rings. The van der Waals surface area contributed by atoms with Crippen LogP contribution in [0.1, 0.15) is 12.8 Å². The van der Waals surface area contributed by atoms with Gasteiger partial charge in [-0.05, 0) is 43.0 Å². The van der Waals surface area contributed by atoms with Crippen LogP contribution in [-0.4, -0.2) is 47.4 Å². The molecule has 0 bridgehead atoms. The first kappa shape index (κ1) is 15.1. The Morgan fingerprint density at radius 1 is 1.19 bits per heavy atom. The van der Waals surface area contributed by atoms with Crippen LogP contribution in [0.15, 0.2) is 41.6 Å². The van der Waals surface area contributed by atoms with E-state index < -0.39 is 0 Å². The van der Waals surface area contributed by atoms with Gasteiger partial charge in [-0.15, -0.1) is 15.3 Å². The van der Waals surface area contributed by atoms with Crippen molar-refractivity contribution in [1.82, 2.24) is 34.3 Å². The Labute approximate surface area is 148 Å². The summed E-state index contributed by atoms with van der Waals surface area (Å²) in [5.74, 6) is 1.38. The number of imidazole rings is 1. The van der Waals surface area contributed by atoms with E-state index >= 15 is 0 Å². The van der Waals surface area contributed by atoms with E-state index in [0.717, 1.165) is 48.6 Å². The number of pyridine rings is 1. The second-order valence-corrected chi connectivity index (χ2v) is 6.67. The summed E-state index contributed by atoms with van der Waals surface area (Å²) in [6.45, 7) is 2.52. The van der Waals surface area contributed by atoms with Crippen LogP contribution in [0.2, 0.25) is 0 Å². The van der Waals surface area contributed by atoms with E-state index in [1.165, 1.54) is 0 Å². The van der Waals surface area contributed by atoms with Crippen LogP contribution in [0.4, 0.5) is 5.82 Å². The van der Waals surface area contributed by atoms with Gasteiger partial charge in [-0.1, -0.05) is 0 Å². The molecule has 9 nitrogen and oxygen atoms in total. The normalized spacial score (nSPS) is 15.9. The zero-order valence-corrected chi connectivity index (χ0v) is 14.1. The summed E-state index contributed by atoms with van der Waals surface area (Å²) in [4.78, 5) is 21.7. The number of hydrogen-bond donors (Lipinski definition) is 1. The van der Waals surface area contributed by atoms with Crippen molar-refractivity contribution in [3.05, 3.63) is 47.3 Å². The molecule has 26 heavy (non-hydrogen) atoms. The smallest absolute Gasteiger partial charge is 0.327 e. The number of anilines is 1. The minimum atomic E-state index is -0.0825. The maximum absolute atomic E-state index is 12.2. The number of nitrogens with one attached hydrogen (secondary N) is 1. The summed E-state index contributed by atoms with van der Waals surface area (Å²) in [6, 6.07) is 7.63. The summed E-state index contributed by atoms with van der Waals surface area (Å²) < 4.78 is 3.45. The molecule has 5 heterocycles. The first-order valence-corrected chi connectivity index (χ1v) is 8.73. The average molecular weight is 350 g/mol. The van der Waals surface area contributed by atoms with Crippen molar-refractivity contribution >= 4 is 22.6 Å². The highest BCUT2D eigenvalue weighted by molar-refractivity contribution is 5.69. The van der Waals surface area contributed by atoms with Crippen LogP contribution in [0.3, 0.4) is 0 Å². The zero-order valence-electron chi connectivity index (χ0n) is 14.1. The van der Waals surface area contributed by atoms with Gasteiger partial charge < -0.3 is 9.88 Å². The van der Waals surface area contributed by atoms with E-state index in [2.05, 4.69) is 30.2 Å². The van der Waals surface area contributed by atoms with Gasteiger partial charge in [0, 0.05) is 25.8 Å². The van der Waals surface area contributed by atoms with Crippen LogP contribution in [0.25, 0.3) is 16.8 Å². The minimum absolute atomic E-state index is 0.0825. The lowest BCUT2D eigenvalue weighted by Gasteiger charge is -2.32. The fourth-order valence-electron chi connectivity index (χ4n) is 3.65. The first-order chi connectivity index (χ1) is 12.8. The van der Waals surface area contributed by atoms with E-state index in [9.17, 15) is 4.79 Å². The van der Waals surface area contributed by atoms with Gasteiger partial charge in [-0.2, -0.15) is 4.52 Å². The van der Waals surface area contributed by atoms with Crippen LogP contribution in [0, 0.1) is 5.92 Å². The molecule has 0 aliphatic carbocycles. The molecule has 1 fully saturated rings. The van der Waals surface area contributed by atoms with Crippen molar-refractivity contribution in [2.45, 2.75) is 19.4 Å². The third-order valence-corrected chi connectivity index (χ3v) is 5.06. The highest BCUT2D eigenvalue weighted by Gasteiger charge is 2.22. The standard InChI is InChI=1S/C17H18N8O/c26-17-20-13-2-1-7-18-16(13)24(17)10-12-5-8-23(9-6-12)15-4-3-14-21-19-11-25(14)22-15/h1-4,7,11-12H,5-6,8-10H2,(H,20,26). The second kappa shape index (κ2) is 5.94. The lowest BCUT2D eigenvalue weighted by atomic mass is 9.96. The van der Waals surface area contributed by atoms with Gasteiger partial charge in [0.2, 0.25) is 0 Å². The van der Waals surface area contributed by atoms with Gasteiger partial charge in [-0.25, -0.2) is 9.78 Å². The van der Waals surface area contributed by atoms with Gasteiger partial charge in [-0.3, -0.25) is 4.57 Å². The molecule has 4 aromatic heterocycles. The molecule has 1 N–H and O–H groups in total. The van der Waals surface area contributed by atoms with Crippen molar-refractivity contribution in [2.24, 2.45) is 5.92 Å². The monoisotopic (exact) mass is 350 g/mol. The summed E-state index contributed by atoms with van der Waals surface area (Å²) in [6.07, 6.45) is 5.35. The van der Waals surface area contributed by atoms with Crippen molar-refractivity contribution in [2.75, 3.05) is 18.0 Å². The molecule has 1 saturated heterocycles. The number of aromatic amines is 1. The molecular weight excluding hydrogens is 332 g/mol. The maximum atomic E-state index is 12.2. The molecule has 0 radical (unpaired) electrons. The SMILES string of the molecule is O=c1[nH]c2cccnc2n1CC1CCN(c2ccc3nncn3n2)CC1. The molecular formula is C17H18N8O. The number of nitrogens with zero attached hydrogens (tertiary/aromatic N) is 7. The summed E-state index contributed by atoms with van der Waals surface area (Å²) >= 11 is 0. The van der Waals surface area contributed by atoms with Crippen LogP contribution < -0.4 is 10.6 Å². The molecule has 9 heteroatoms. The minimum Gasteiger partial charge on any atom is -0.355 e. The van der Waals surface area contributed by atoms with Crippen molar-refractivity contribution in [3.63, 3.8) is 0 Å². The van der Waals surface area contributed by atoms with Gasteiger partial charge in [0.25, 0.3) is 0 Å². The maximum Gasteiger partial charge on any atom is 0.327 e. The highest BCUT2D eigenvalue weighted by atomic mass is 16.1. The quantitative estimate of drug-likeness (QED) is 0.594. The number of piperidine rings is 1. The Kier molecular flexibility index (Phi) is 3.44. The lowest BCUT2D eigenvalue weighted by Crippen LogP contribution is -2.36. The third-order valence-electron chi connectivity index (χ3n) is 5.06. The van der Waals surface area contributed by atoms with Crippen LogP contribution >= 0.6 is 0 Å². The molecule has 5 rings (SSSR count). The number of fused-ring (bicyclic) bond motifs is 2. The topological polar surface area (TPSA) is 97.0 Å². The molecule has 0 unspecified atom stereocenters. The highest BCUT2D eigenvalue weighted by Crippen LogP contribution is 2.23. The number of rotatable bonds is 3. The Balaban J connectivity index is 1.31.